The third-order valence-electron chi connectivity index (χ3n) is 3.76. The van der Waals surface area contributed by atoms with Crippen molar-refractivity contribution in [2.24, 2.45) is 0 Å². The Labute approximate surface area is 129 Å². The van der Waals surface area contributed by atoms with Gasteiger partial charge in [0.1, 0.15) is 10.8 Å². The maximum Gasteiger partial charge on any atom is 0.166 e. The Kier molecular flexibility index (Phi) is 4.63. The monoisotopic (exact) mass is 304 g/mol. The average Bonchev–Trinajstić information content (AvgIpc) is 3.16. The molecule has 0 unspecified atom stereocenters. The van der Waals surface area contributed by atoms with E-state index >= 15 is 0 Å². The molecule has 2 heterocycles. The molecule has 0 amide bonds. The number of pyridine rings is 1. The molecule has 1 fully saturated rings. The molecular formula is C16H20N2O2S. The second-order valence-electron chi connectivity index (χ2n) is 5.37. The Bertz CT molecular complexity index is 567. The van der Waals surface area contributed by atoms with E-state index in [1.165, 1.54) is 12.8 Å². The molecule has 0 aliphatic heterocycles. The summed E-state index contributed by atoms with van der Waals surface area (Å²) in [6, 6.07) is 9.91. The molecule has 3 rings (SSSR count). The minimum Gasteiger partial charge on any atom is -0.453 e. The minimum atomic E-state index is 0.275. The van der Waals surface area contributed by atoms with Crippen LogP contribution >= 0.6 is 11.8 Å². The molecule has 1 saturated carbocycles. The number of nitrogens with one attached hydrogen (secondary N) is 1. The van der Waals surface area contributed by atoms with Gasteiger partial charge in [-0.2, -0.15) is 0 Å². The summed E-state index contributed by atoms with van der Waals surface area (Å²) in [6.07, 6.45) is 5.32. The van der Waals surface area contributed by atoms with E-state index in [0.717, 1.165) is 35.5 Å². The SMILES string of the molecule is COCCC1(NCc2ccc(Sc3ccccn3)o2)CC1. The number of aromatic nitrogens is 1. The van der Waals surface area contributed by atoms with E-state index in [0.29, 0.717) is 0 Å². The predicted molar refractivity (Wildman–Crippen MR) is 82.4 cm³/mol. The van der Waals surface area contributed by atoms with Crippen LogP contribution in [0.25, 0.3) is 0 Å². The lowest BCUT2D eigenvalue weighted by molar-refractivity contribution is 0.178. The molecule has 2 aromatic heterocycles. The van der Waals surface area contributed by atoms with Gasteiger partial charge in [0.2, 0.25) is 0 Å². The highest BCUT2D eigenvalue weighted by molar-refractivity contribution is 7.99. The number of furan rings is 1. The van der Waals surface area contributed by atoms with Crippen LogP contribution in [0.5, 0.6) is 0 Å². The first-order valence-corrected chi connectivity index (χ1v) is 8.03. The first kappa shape index (κ1) is 14.6. The van der Waals surface area contributed by atoms with Crippen molar-refractivity contribution < 1.29 is 9.15 Å². The van der Waals surface area contributed by atoms with Crippen LogP contribution in [0.2, 0.25) is 0 Å². The summed E-state index contributed by atoms with van der Waals surface area (Å²) in [6.45, 7) is 1.58. The van der Waals surface area contributed by atoms with E-state index in [1.807, 2.05) is 30.3 Å². The summed E-state index contributed by atoms with van der Waals surface area (Å²) in [5, 5.41) is 5.43. The van der Waals surface area contributed by atoms with Crippen molar-refractivity contribution in [1.82, 2.24) is 10.3 Å². The van der Waals surface area contributed by atoms with Gasteiger partial charge in [-0.3, -0.25) is 0 Å². The van der Waals surface area contributed by atoms with Crippen LogP contribution in [0.3, 0.4) is 0 Å². The van der Waals surface area contributed by atoms with Gasteiger partial charge in [-0.15, -0.1) is 0 Å². The molecule has 21 heavy (non-hydrogen) atoms. The van der Waals surface area contributed by atoms with Gasteiger partial charge in [0.25, 0.3) is 0 Å². The van der Waals surface area contributed by atoms with Crippen LogP contribution in [0, 0.1) is 0 Å². The first-order valence-electron chi connectivity index (χ1n) is 7.21. The highest BCUT2D eigenvalue weighted by Gasteiger charge is 2.41. The molecule has 0 bridgehead atoms. The number of ether oxygens (including phenoxy) is 1. The molecule has 0 atom stereocenters. The van der Waals surface area contributed by atoms with Gasteiger partial charge < -0.3 is 14.5 Å². The number of rotatable bonds is 8. The summed E-state index contributed by atoms with van der Waals surface area (Å²) in [5.74, 6) is 0.970. The van der Waals surface area contributed by atoms with Gasteiger partial charge in [0.05, 0.1) is 6.54 Å². The van der Waals surface area contributed by atoms with Crippen LogP contribution in [-0.4, -0.2) is 24.2 Å². The lowest BCUT2D eigenvalue weighted by atomic mass is 10.2. The van der Waals surface area contributed by atoms with Gasteiger partial charge in [0.15, 0.2) is 5.09 Å². The molecule has 0 aromatic carbocycles. The Morgan fingerprint density at radius 3 is 2.95 bits per heavy atom. The van der Waals surface area contributed by atoms with Gasteiger partial charge >= 0.3 is 0 Å². The Morgan fingerprint density at radius 1 is 1.33 bits per heavy atom. The minimum absolute atomic E-state index is 0.275. The second kappa shape index (κ2) is 6.64. The molecule has 5 heteroatoms. The summed E-state index contributed by atoms with van der Waals surface area (Å²) in [5.41, 5.74) is 0.275. The molecule has 4 nitrogen and oxygen atoms in total. The molecule has 0 radical (unpaired) electrons. The zero-order valence-electron chi connectivity index (χ0n) is 12.2. The van der Waals surface area contributed by atoms with E-state index in [4.69, 9.17) is 9.15 Å². The number of hydrogen-bond donors (Lipinski definition) is 1. The molecule has 1 aliphatic rings. The maximum absolute atomic E-state index is 5.84. The molecule has 2 aromatic rings. The first-order chi connectivity index (χ1) is 10.3. The van der Waals surface area contributed by atoms with Crippen molar-refractivity contribution in [2.45, 2.75) is 41.5 Å². The van der Waals surface area contributed by atoms with Crippen LogP contribution in [0.4, 0.5) is 0 Å². The summed E-state index contributed by atoms with van der Waals surface area (Å²) < 4.78 is 11.0. The van der Waals surface area contributed by atoms with Crippen molar-refractivity contribution in [1.29, 1.82) is 0 Å². The zero-order chi connectivity index (χ0) is 14.5. The fourth-order valence-electron chi connectivity index (χ4n) is 2.26. The summed E-state index contributed by atoms with van der Waals surface area (Å²) in [7, 11) is 1.75. The Morgan fingerprint density at radius 2 is 2.24 bits per heavy atom. The van der Waals surface area contributed by atoms with Crippen LogP contribution in [0.15, 0.2) is 51.1 Å². The largest absolute Gasteiger partial charge is 0.453 e. The molecular weight excluding hydrogens is 284 g/mol. The third-order valence-corrected chi connectivity index (χ3v) is 4.63. The highest BCUT2D eigenvalue weighted by Crippen LogP contribution is 2.39. The Hall–Kier alpha value is -1.30. The lowest BCUT2D eigenvalue weighted by Crippen LogP contribution is -2.31. The van der Waals surface area contributed by atoms with Crippen molar-refractivity contribution in [3.8, 4) is 0 Å². The molecule has 1 aliphatic carbocycles. The second-order valence-corrected chi connectivity index (χ2v) is 6.39. The number of nitrogens with zero attached hydrogens (tertiary/aromatic N) is 1. The van der Waals surface area contributed by atoms with Crippen molar-refractivity contribution >= 4 is 11.8 Å². The molecule has 0 saturated heterocycles. The van der Waals surface area contributed by atoms with Gasteiger partial charge in [-0.1, -0.05) is 6.07 Å². The van der Waals surface area contributed by atoms with E-state index in [2.05, 4.69) is 10.3 Å². The van der Waals surface area contributed by atoms with Crippen molar-refractivity contribution in [3.63, 3.8) is 0 Å². The van der Waals surface area contributed by atoms with Gasteiger partial charge in [-0.25, -0.2) is 4.98 Å². The van der Waals surface area contributed by atoms with Crippen molar-refractivity contribution in [2.75, 3.05) is 13.7 Å². The Balaban J connectivity index is 1.51. The summed E-state index contributed by atoms with van der Waals surface area (Å²) >= 11 is 1.55. The third kappa shape index (κ3) is 4.09. The standard InChI is InChI=1S/C16H20N2O2S/c1-19-11-9-16(7-8-16)18-12-13-5-6-15(20-13)21-14-4-2-3-10-17-14/h2-6,10,18H,7-9,11-12H2,1H3. The van der Waals surface area contributed by atoms with Crippen LogP contribution in [-0.2, 0) is 11.3 Å². The van der Waals surface area contributed by atoms with E-state index in [1.54, 1.807) is 25.1 Å². The number of methoxy groups -OCH3 is 1. The quantitative estimate of drug-likeness (QED) is 0.809. The average molecular weight is 304 g/mol. The zero-order valence-corrected chi connectivity index (χ0v) is 13.0. The van der Waals surface area contributed by atoms with Gasteiger partial charge in [-0.05, 0) is 55.3 Å². The van der Waals surface area contributed by atoms with E-state index < -0.39 is 0 Å². The smallest absolute Gasteiger partial charge is 0.166 e. The predicted octanol–water partition coefficient (Wildman–Crippen LogP) is 3.48. The van der Waals surface area contributed by atoms with Gasteiger partial charge in [0, 0.05) is 25.5 Å². The van der Waals surface area contributed by atoms with Crippen molar-refractivity contribution in [3.05, 3.63) is 42.3 Å². The fraction of sp³-hybridized carbons (Fsp3) is 0.438. The van der Waals surface area contributed by atoms with Crippen LogP contribution < -0.4 is 5.32 Å². The lowest BCUT2D eigenvalue weighted by Gasteiger charge is -2.15. The highest BCUT2D eigenvalue weighted by atomic mass is 32.2. The van der Waals surface area contributed by atoms with Crippen LogP contribution in [0.1, 0.15) is 25.0 Å². The maximum atomic E-state index is 5.84. The van der Waals surface area contributed by atoms with E-state index in [9.17, 15) is 0 Å². The molecule has 0 spiro atoms. The number of hydrogen-bond acceptors (Lipinski definition) is 5. The molecule has 1 N–H and O–H groups in total. The van der Waals surface area contributed by atoms with E-state index in [-0.39, 0.29) is 5.54 Å². The fourth-order valence-corrected chi connectivity index (χ4v) is 3.01. The summed E-state index contributed by atoms with van der Waals surface area (Å²) in [4.78, 5) is 4.29. The normalized spacial score (nSPS) is 16.0. The topological polar surface area (TPSA) is 47.3 Å². The molecule has 112 valence electrons.